The van der Waals surface area contributed by atoms with Crippen LogP contribution in [0.15, 0.2) is 12.4 Å². The average Bonchev–Trinajstić information content (AvgIpc) is 2.84. The van der Waals surface area contributed by atoms with E-state index in [9.17, 15) is 18.3 Å². The molecule has 2 N–H and O–H groups in total. The van der Waals surface area contributed by atoms with Crippen LogP contribution in [0.3, 0.4) is 0 Å². The molecular weight excluding hydrogens is 320 g/mol. The lowest BCUT2D eigenvalue weighted by Crippen LogP contribution is -2.42. The number of aryl methyl sites for hydroxylation is 1. The molecule has 0 saturated heterocycles. The summed E-state index contributed by atoms with van der Waals surface area (Å²) >= 11 is 0. The molecule has 0 spiro atoms. The fourth-order valence-electron chi connectivity index (χ4n) is 2.65. The maximum Gasteiger partial charge on any atom is 0.221 e. The number of hydrogen-bond acceptors (Lipinski definition) is 5. The number of rotatable bonds is 7. The van der Waals surface area contributed by atoms with E-state index in [1.807, 2.05) is 6.20 Å². The van der Waals surface area contributed by atoms with Crippen LogP contribution >= 0.6 is 0 Å². The van der Waals surface area contributed by atoms with E-state index in [-0.39, 0.29) is 36.9 Å². The highest BCUT2D eigenvalue weighted by Crippen LogP contribution is 2.37. The smallest absolute Gasteiger partial charge is 0.221 e. The van der Waals surface area contributed by atoms with Crippen molar-refractivity contribution in [2.45, 2.75) is 31.4 Å². The molecule has 1 atom stereocenters. The van der Waals surface area contributed by atoms with Gasteiger partial charge in [0.25, 0.3) is 0 Å². The van der Waals surface area contributed by atoms with Crippen molar-refractivity contribution < 1.29 is 18.3 Å². The number of sulfonamides is 1. The predicted octanol–water partition coefficient (Wildman–Crippen LogP) is -0.370. The van der Waals surface area contributed by atoms with Crippen molar-refractivity contribution in [2.75, 3.05) is 19.8 Å². The molecule has 1 heterocycles. The van der Waals surface area contributed by atoms with Gasteiger partial charge in [0.2, 0.25) is 15.9 Å². The molecule has 1 aromatic rings. The number of carbonyl (C=O) groups excluding carboxylic acids is 1. The van der Waals surface area contributed by atoms with Crippen molar-refractivity contribution >= 4 is 15.9 Å². The zero-order valence-electron chi connectivity index (χ0n) is 13.6. The molecule has 2 rings (SSSR count). The van der Waals surface area contributed by atoms with E-state index >= 15 is 0 Å². The summed E-state index contributed by atoms with van der Waals surface area (Å²) in [4.78, 5) is 12.2. The van der Waals surface area contributed by atoms with Crippen LogP contribution in [0.2, 0.25) is 0 Å². The largest absolute Gasteiger partial charge is 0.393 e. The lowest BCUT2D eigenvalue weighted by Gasteiger charge is -2.37. The lowest BCUT2D eigenvalue weighted by molar-refractivity contribution is -0.123. The van der Waals surface area contributed by atoms with Crippen LogP contribution in [-0.4, -0.2) is 59.5 Å². The van der Waals surface area contributed by atoms with Gasteiger partial charge in [-0.25, -0.2) is 12.7 Å². The highest BCUT2D eigenvalue weighted by Gasteiger charge is 2.36. The van der Waals surface area contributed by atoms with Gasteiger partial charge in [0, 0.05) is 38.8 Å². The van der Waals surface area contributed by atoms with E-state index in [1.54, 1.807) is 17.9 Å². The van der Waals surface area contributed by atoms with E-state index in [4.69, 9.17) is 0 Å². The molecule has 23 heavy (non-hydrogen) atoms. The molecule has 1 amide bonds. The van der Waals surface area contributed by atoms with Crippen LogP contribution in [0.5, 0.6) is 0 Å². The predicted molar refractivity (Wildman–Crippen MR) is 84.9 cm³/mol. The van der Waals surface area contributed by atoms with Crippen molar-refractivity contribution in [3.63, 3.8) is 0 Å². The Labute approximate surface area is 136 Å². The summed E-state index contributed by atoms with van der Waals surface area (Å²) in [5.74, 6) is -0.0402. The Morgan fingerprint density at radius 2 is 2.22 bits per heavy atom. The standard InChI is InChI=1S/C14H24N4O4S/c1-17-9-11(8-15-17)14(10-6-12(19)7-10)16-13(20)4-5-18(2)23(3,21)22/h8-10,12,14,19H,4-7H2,1-3H3,(H,16,20)/t10?,12?,14-/m0/s1. The molecule has 1 fully saturated rings. The van der Waals surface area contributed by atoms with Gasteiger partial charge in [-0.15, -0.1) is 0 Å². The molecule has 1 aromatic heterocycles. The first-order chi connectivity index (χ1) is 10.7. The van der Waals surface area contributed by atoms with Crippen molar-refractivity contribution in [3.05, 3.63) is 18.0 Å². The van der Waals surface area contributed by atoms with Gasteiger partial charge in [0.15, 0.2) is 0 Å². The molecule has 1 aliphatic rings. The second-order valence-electron chi connectivity index (χ2n) is 6.21. The number of amides is 1. The third-order valence-electron chi connectivity index (χ3n) is 4.24. The summed E-state index contributed by atoms with van der Waals surface area (Å²) < 4.78 is 25.5. The Hall–Kier alpha value is -1.45. The summed E-state index contributed by atoms with van der Waals surface area (Å²) in [6.45, 7) is 0.137. The second-order valence-corrected chi connectivity index (χ2v) is 8.30. The van der Waals surface area contributed by atoms with Gasteiger partial charge in [0.1, 0.15) is 0 Å². The Balaban J connectivity index is 1.96. The number of nitrogens with zero attached hydrogens (tertiary/aromatic N) is 3. The van der Waals surface area contributed by atoms with Crippen LogP contribution < -0.4 is 5.32 Å². The second kappa shape index (κ2) is 6.98. The molecule has 0 bridgehead atoms. The molecule has 1 aliphatic carbocycles. The maximum absolute atomic E-state index is 12.2. The number of hydrogen-bond donors (Lipinski definition) is 2. The third-order valence-corrected chi connectivity index (χ3v) is 5.56. The van der Waals surface area contributed by atoms with E-state index in [2.05, 4.69) is 10.4 Å². The maximum atomic E-state index is 12.2. The first-order valence-corrected chi connectivity index (χ1v) is 9.39. The zero-order chi connectivity index (χ0) is 17.2. The first kappa shape index (κ1) is 17.9. The van der Waals surface area contributed by atoms with Crippen molar-refractivity contribution in [3.8, 4) is 0 Å². The minimum absolute atomic E-state index is 0.0929. The molecule has 0 aromatic carbocycles. The number of nitrogens with one attached hydrogen (secondary N) is 1. The summed E-state index contributed by atoms with van der Waals surface area (Å²) in [6.07, 6.45) is 5.73. The van der Waals surface area contributed by atoms with Crippen LogP contribution in [-0.2, 0) is 21.9 Å². The highest BCUT2D eigenvalue weighted by atomic mass is 32.2. The lowest BCUT2D eigenvalue weighted by atomic mass is 9.75. The summed E-state index contributed by atoms with van der Waals surface area (Å²) in [6, 6.07) is -0.205. The van der Waals surface area contributed by atoms with E-state index in [1.165, 1.54) is 7.05 Å². The number of aliphatic hydroxyl groups is 1. The van der Waals surface area contributed by atoms with Gasteiger partial charge in [-0.1, -0.05) is 0 Å². The van der Waals surface area contributed by atoms with E-state index in [0.717, 1.165) is 16.1 Å². The number of aromatic nitrogens is 2. The van der Waals surface area contributed by atoms with Gasteiger partial charge >= 0.3 is 0 Å². The van der Waals surface area contributed by atoms with E-state index in [0.29, 0.717) is 12.8 Å². The van der Waals surface area contributed by atoms with Crippen LogP contribution in [0, 0.1) is 5.92 Å². The first-order valence-electron chi connectivity index (χ1n) is 7.54. The molecule has 8 nitrogen and oxygen atoms in total. The Kier molecular flexibility index (Phi) is 5.43. The average molecular weight is 344 g/mol. The normalized spacial score (nSPS) is 22.7. The molecule has 130 valence electrons. The van der Waals surface area contributed by atoms with Gasteiger partial charge < -0.3 is 10.4 Å². The molecule has 0 aliphatic heterocycles. The highest BCUT2D eigenvalue weighted by molar-refractivity contribution is 7.88. The quantitative estimate of drug-likeness (QED) is 0.702. The summed E-state index contributed by atoms with van der Waals surface area (Å²) in [5.41, 5.74) is 0.897. The van der Waals surface area contributed by atoms with Gasteiger partial charge in [0.05, 0.1) is 24.6 Å². The van der Waals surface area contributed by atoms with Crippen molar-refractivity contribution in [1.29, 1.82) is 0 Å². The summed E-state index contributed by atoms with van der Waals surface area (Å²) in [5, 5.41) is 16.6. The zero-order valence-corrected chi connectivity index (χ0v) is 14.5. The topological polar surface area (TPSA) is 105 Å². The molecular formula is C14H24N4O4S. The number of aliphatic hydroxyl groups excluding tert-OH is 1. The molecule has 9 heteroatoms. The van der Waals surface area contributed by atoms with Crippen LogP contribution in [0.25, 0.3) is 0 Å². The van der Waals surface area contributed by atoms with Crippen LogP contribution in [0.4, 0.5) is 0 Å². The van der Waals surface area contributed by atoms with Gasteiger partial charge in [-0.2, -0.15) is 5.10 Å². The van der Waals surface area contributed by atoms with Gasteiger partial charge in [-0.05, 0) is 18.8 Å². The van der Waals surface area contributed by atoms with Crippen LogP contribution in [0.1, 0.15) is 30.9 Å². The molecule has 1 saturated carbocycles. The third kappa shape index (κ3) is 4.76. The fraction of sp³-hybridized carbons (Fsp3) is 0.714. The van der Waals surface area contributed by atoms with Crippen molar-refractivity contribution in [2.24, 2.45) is 13.0 Å². The monoisotopic (exact) mass is 344 g/mol. The molecule has 0 radical (unpaired) electrons. The SMILES string of the molecule is CN(CCC(=O)N[C@H](c1cnn(C)c1)C1CC(O)C1)S(C)(=O)=O. The van der Waals surface area contributed by atoms with Crippen molar-refractivity contribution in [1.82, 2.24) is 19.4 Å². The minimum atomic E-state index is -3.29. The molecule has 0 unspecified atom stereocenters. The fourth-order valence-corrected chi connectivity index (χ4v) is 3.07. The number of carbonyl (C=O) groups is 1. The minimum Gasteiger partial charge on any atom is -0.393 e. The Morgan fingerprint density at radius 3 is 2.70 bits per heavy atom. The summed E-state index contributed by atoms with van der Waals surface area (Å²) in [7, 11) is -0.0334. The Morgan fingerprint density at radius 1 is 1.57 bits per heavy atom. The van der Waals surface area contributed by atoms with E-state index < -0.39 is 10.0 Å². The van der Waals surface area contributed by atoms with Gasteiger partial charge in [-0.3, -0.25) is 9.48 Å². The Bertz CT molecular complexity index is 651.